The molecule has 0 aliphatic heterocycles. The van der Waals surface area contributed by atoms with Crippen molar-refractivity contribution < 1.29 is 14.3 Å². The monoisotopic (exact) mass is 315 g/mol. The Morgan fingerprint density at radius 2 is 2.04 bits per heavy atom. The first-order valence-corrected chi connectivity index (χ1v) is 7.61. The molecule has 0 radical (unpaired) electrons. The van der Waals surface area contributed by atoms with Gasteiger partial charge in [-0.15, -0.1) is 0 Å². The van der Waals surface area contributed by atoms with E-state index in [-0.39, 0.29) is 18.4 Å². The van der Waals surface area contributed by atoms with Crippen molar-refractivity contribution in [1.29, 1.82) is 0 Å². The number of amides is 1. The van der Waals surface area contributed by atoms with Gasteiger partial charge in [-0.2, -0.15) is 0 Å². The lowest BCUT2D eigenvalue weighted by Crippen LogP contribution is -2.47. The summed E-state index contributed by atoms with van der Waals surface area (Å²) in [4.78, 5) is 28.3. The summed E-state index contributed by atoms with van der Waals surface area (Å²) in [7, 11) is 0. The van der Waals surface area contributed by atoms with Crippen molar-refractivity contribution in [2.75, 3.05) is 0 Å². The predicted octanol–water partition coefficient (Wildman–Crippen LogP) is 2.86. The van der Waals surface area contributed by atoms with Crippen LogP contribution in [0.15, 0.2) is 49.1 Å². The molecule has 0 fully saturated rings. The van der Waals surface area contributed by atoms with E-state index in [4.69, 9.17) is 4.74 Å². The normalized spacial score (nSPS) is 13.1. The van der Waals surface area contributed by atoms with Gasteiger partial charge < -0.3 is 10.1 Å². The lowest BCUT2D eigenvalue weighted by atomic mass is 9.98. The second-order valence-electron chi connectivity index (χ2n) is 5.38. The third-order valence-corrected chi connectivity index (χ3v) is 3.72. The Morgan fingerprint density at radius 1 is 1.30 bits per heavy atom. The smallest absolute Gasteiger partial charge is 0.408 e. The summed E-state index contributed by atoms with van der Waals surface area (Å²) in [5, 5.41) is 2.67. The highest BCUT2D eigenvalue weighted by Gasteiger charge is 2.27. The summed E-state index contributed by atoms with van der Waals surface area (Å²) in [6.45, 7) is 4.05. The molecule has 0 aliphatic rings. The first kappa shape index (κ1) is 16.7. The minimum absolute atomic E-state index is 0.0193. The molecule has 0 saturated heterocycles. The highest BCUT2D eigenvalue weighted by Crippen LogP contribution is 2.11. The first-order chi connectivity index (χ1) is 11.1. The molecular weight excluding hydrogens is 294 g/mol. The minimum Gasteiger partial charge on any atom is -0.445 e. The topological polar surface area (TPSA) is 73.2 Å². The van der Waals surface area contributed by atoms with Crippen molar-refractivity contribution in [2.24, 2.45) is 5.92 Å². The van der Waals surface area contributed by atoms with Crippen molar-refractivity contribution in [3.63, 3.8) is 0 Å². The molecule has 23 heavy (non-hydrogen) atoms. The summed E-state index contributed by atoms with van der Waals surface area (Å²) in [5.41, 5.74) is 0.892. The van der Waals surface area contributed by atoms with Crippen LogP contribution in [-0.4, -0.2) is 27.6 Å². The van der Waals surface area contributed by atoms with Crippen LogP contribution in [0.5, 0.6) is 0 Å². The molecular formula is C17H21N3O3. The SMILES string of the molecule is CCC(C)[C@H](NC(=O)OCc1ccccc1)C(=O)n1ccnc1. The Balaban J connectivity index is 1.97. The number of nitrogens with one attached hydrogen (secondary N) is 1. The van der Waals surface area contributed by atoms with Crippen LogP contribution < -0.4 is 5.32 Å². The molecule has 1 aromatic heterocycles. The molecule has 2 aromatic rings. The van der Waals surface area contributed by atoms with Gasteiger partial charge in [0.25, 0.3) is 5.91 Å². The highest BCUT2D eigenvalue weighted by molar-refractivity contribution is 5.87. The number of aromatic nitrogens is 2. The zero-order valence-electron chi connectivity index (χ0n) is 13.3. The number of imidazole rings is 1. The van der Waals surface area contributed by atoms with Gasteiger partial charge in [0, 0.05) is 12.4 Å². The predicted molar refractivity (Wildman–Crippen MR) is 85.9 cm³/mol. The molecule has 0 bridgehead atoms. The van der Waals surface area contributed by atoms with E-state index in [2.05, 4.69) is 10.3 Å². The summed E-state index contributed by atoms with van der Waals surface area (Å²) in [6.07, 6.45) is 4.67. The third-order valence-electron chi connectivity index (χ3n) is 3.72. The molecule has 6 heteroatoms. The number of carbonyl (C=O) groups excluding carboxylic acids is 2. The highest BCUT2D eigenvalue weighted by atomic mass is 16.5. The summed E-state index contributed by atoms with van der Waals surface area (Å²) >= 11 is 0. The second kappa shape index (κ2) is 8.12. The van der Waals surface area contributed by atoms with Crippen molar-refractivity contribution in [3.8, 4) is 0 Å². The molecule has 2 atom stereocenters. The van der Waals surface area contributed by atoms with Crippen LogP contribution in [-0.2, 0) is 11.3 Å². The molecule has 6 nitrogen and oxygen atoms in total. The second-order valence-corrected chi connectivity index (χ2v) is 5.38. The van der Waals surface area contributed by atoms with Gasteiger partial charge in [0.15, 0.2) is 0 Å². The van der Waals surface area contributed by atoms with Crippen LogP contribution in [0.1, 0.15) is 30.6 Å². The molecule has 2 rings (SSSR count). The van der Waals surface area contributed by atoms with E-state index < -0.39 is 12.1 Å². The van der Waals surface area contributed by atoms with Gasteiger partial charge in [-0.25, -0.2) is 9.78 Å². The average Bonchev–Trinajstić information content (AvgIpc) is 3.12. The Labute approximate surface area is 135 Å². The maximum absolute atomic E-state index is 12.5. The molecule has 1 unspecified atom stereocenters. The van der Waals surface area contributed by atoms with Crippen LogP contribution in [0.3, 0.4) is 0 Å². The van der Waals surface area contributed by atoms with Gasteiger partial charge in [-0.3, -0.25) is 9.36 Å². The zero-order chi connectivity index (χ0) is 16.7. The fraction of sp³-hybridized carbons (Fsp3) is 0.353. The fourth-order valence-electron chi connectivity index (χ4n) is 2.12. The minimum atomic E-state index is -0.655. The standard InChI is InChI=1S/C17H21N3O3/c1-3-13(2)15(16(21)20-10-9-18-12-20)19-17(22)23-11-14-7-5-4-6-8-14/h4-10,12-13,15H,3,11H2,1-2H3,(H,19,22)/t13?,15-/m0/s1. The molecule has 1 N–H and O–H groups in total. The Hall–Kier alpha value is -2.63. The van der Waals surface area contributed by atoms with E-state index in [0.29, 0.717) is 0 Å². The van der Waals surface area contributed by atoms with Gasteiger partial charge >= 0.3 is 6.09 Å². The third kappa shape index (κ3) is 4.67. The summed E-state index contributed by atoms with van der Waals surface area (Å²) in [6, 6.07) is 8.73. The van der Waals surface area contributed by atoms with Crippen molar-refractivity contribution in [3.05, 3.63) is 54.6 Å². The average molecular weight is 315 g/mol. The maximum Gasteiger partial charge on any atom is 0.408 e. The number of alkyl carbamates (subject to hydrolysis) is 1. The number of benzene rings is 1. The lowest BCUT2D eigenvalue weighted by Gasteiger charge is -2.22. The van der Waals surface area contributed by atoms with Crippen LogP contribution >= 0.6 is 0 Å². The van der Waals surface area contributed by atoms with Gasteiger partial charge in [0.05, 0.1) is 0 Å². The van der Waals surface area contributed by atoms with E-state index in [1.165, 1.54) is 17.1 Å². The molecule has 1 amide bonds. The van der Waals surface area contributed by atoms with Crippen LogP contribution in [0, 0.1) is 5.92 Å². The van der Waals surface area contributed by atoms with Gasteiger partial charge in [0.1, 0.15) is 19.0 Å². The molecule has 0 spiro atoms. The van der Waals surface area contributed by atoms with E-state index in [9.17, 15) is 9.59 Å². The number of carbonyl (C=O) groups is 2. The Kier molecular flexibility index (Phi) is 5.91. The number of ether oxygens (including phenoxy) is 1. The van der Waals surface area contributed by atoms with Crippen molar-refractivity contribution in [1.82, 2.24) is 14.9 Å². The molecule has 1 heterocycles. The Morgan fingerprint density at radius 3 is 2.65 bits per heavy atom. The van der Waals surface area contributed by atoms with Gasteiger partial charge in [-0.05, 0) is 11.5 Å². The number of hydrogen-bond donors (Lipinski definition) is 1. The largest absolute Gasteiger partial charge is 0.445 e. The van der Waals surface area contributed by atoms with Crippen LogP contribution in [0.25, 0.3) is 0 Å². The fourth-order valence-corrected chi connectivity index (χ4v) is 2.12. The zero-order valence-corrected chi connectivity index (χ0v) is 13.3. The number of hydrogen-bond acceptors (Lipinski definition) is 4. The molecule has 0 aliphatic carbocycles. The van der Waals surface area contributed by atoms with Crippen molar-refractivity contribution >= 4 is 12.0 Å². The number of rotatable bonds is 6. The molecule has 1 aromatic carbocycles. The summed E-state index contributed by atoms with van der Waals surface area (Å²) in [5.74, 6) is -0.248. The molecule has 0 saturated carbocycles. The summed E-state index contributed by atoms with van der Waals surface area (Å²) < 4.78 is 6.56. The number of nitrogens with zero attached hydrogens (tertiary/aromatic N) is 2. The quantitative estimate of drug-likeness (QED) is 0.889. The van der Waals surface area contributed by atoms with E-state index >= 15 is 0 Å². The first-order valence-electron chi connectivity index (χ1n) is 7.61. The molecule has 122 valence electrons. The van der Waals surface area contributed by atoms with E-state index in [0.717, 1.165) is 12.0 Å². The van der Waals surface area contributed by atoms with Gasteiger partial charge in [0.2, 0.25) is 0 Å². The van der Waals surface area contributed by atoms with Gasteiger partial charge in [-0.1, -0.05) is 50.6 Å². The Bertz CT molecular complexity index is 626. The lowest BCUT2D eigenvalue weighted by molar-refractivity contribution is 0.0796. The van der Waals surface area contributed by atoms with E-state index in [1.54, 1.807) is 6.20 Å². The van der Waals surface area contributed by atoms with Crippen LogP contribution in [0.4, 0.5) is 4.79 Å². The van der Waals surface area contributed by atoms with E-state index in [1.807, 2.05) is 44.2 Å². The van der Waals surface area contributed by atoms with Crippen molar-refractivity contribution in [2.45, 2.75) is 32.9 Å². The van der Waals surface area contributed by atoms with Crippen LogP contribution in [0.2, 0.25) is 0 Å². The maximum atomic E-state index is 12.5.